The lowest BCUT2D eigenvalue weighted by atomic mass is 9.79. The molecule has 0 atom stereocenters. The lowest BCUT2D eigenvalue weighted by Gasteiger charge is -2.26. The Hall–Kier alpha value is -2.04. The predicted molar refractivity (Wildman–Crippen MR) is 86.2 cm³/mol. The van der Waals surface area contributed by atoms with Gasteiger partial charge in [0, 0.05) is 12.1 Å². The minimum absolute atomic E-state index is 0.0258. The summed E-state index contributed by atoms with van der Waals surface area (Å²) in [6, 6.07) is 5.41. The number of amides is 1. The number of rotatable bonds is 8. The van der Waals surface area contributed by atoms with Crippen molar-refractivity contribution in [3.05, 3.63) is 23.8 Å². The van der Waals surface area contributed by atoms with Gasteiger partial charge in [0.1, 0.15) is 5.75 Å². The number of benzene rings is 1. The topological polar surface area (TPSA) is 75.6 Å². The van der Waals surface area contributed by atoms with Gasteiger partial charge in [-0.3, -0.25) is 9.59 Å². The summed E-state index contributed by atoms with van der Waals surface area (Å²) in [4.78, 5) is 23.7. The molecule has 1 aromatic rings. The van der Waals surface area contributed by atoms with Gasteiger partial charge >= 0.3 is 5.97 Å². The van der Waals surface area contributed by atoms with Crippen molar-refractivity contribution in [3.63, 3.8) is 0 Å². The lowest BCUT2D eigenvalue weighted by Crippen LogP contribution is -2.34. The number of aliphatic carboxylic acids is 1. The van der Waals surface area contributed by atoms with Crippen LogP contribution in [0.25, 0.3) is 0 Å². The molecule has 0 aliphatic carbocycles. The molecule has 0 bridgehead atoms. The Labute approximate surface area is 131 Å². The summed E-state index contributed by atoms with van der Waals surface area (Å²) in [5.41, 5.74) is 0.566. The molecule has 0 spiro atoms. The van der Waals surface area contributed by atoms with Crippen LogP contribution < -0.4 is 10.1 Å². The highest BCUT2D eigenvalue weighted by molar-refractivity contribution is 5.94. The third kappa shape index (κ3) is 4.23. The second-order valence-electron chi connectivity index (χ2n) is 5.43. The maximum atomic E-state index is 12.2. The minimum Gasteiger partial charge on any atom is -0.494 e. The fraction of sp³-hybridized carbons (Fsp3) is 0.529. The number of nitrogens with one attached hydrogen (secondary N) is 1. The Morgan fingerprint density at radius 1 is 1.23 bits per heavy atom. The van der Waals surface area contributed by atoms with Crippen LogP contribution in [0.3, 0.4) is 0 Å². The summed E-state index contributed by atoms with van der Waals surface area (Å²) in [5.74, 6) is -0.450. The molecule has 1 rings (SSSR count). The number of ether oxygens (including phenoxy) is 1. The van der Waals surface area contributed by atoms with E-state index in [9.17, 15) is 14.7 Å². The standard InChI is InChI=1S/C17H25NO4/c1-5-17(6-2,16(20)21)11-15(19)18-14-9-8-13(22-7-3)10-12(14)4/h8-10H,5-7,11H2,1-4H3,(H,18,19)(H,20,21). The Morgan fingerprint density at radius 3 is 2.32 bits per heavy atom. The maximum absolute atomic E-state index is 12.2. The van der Waals surface area contributed by atoms with E-state index in [0.717, 1.165) is 11.3 Å². The molecule has 122 valence electrons. The Morgan fingerprint density at radius 2 is 1.86 bits per heavy atom. The highest BCUT2D eigenvalue weighted by atomic mass is 16.5. The van der Waals surface area contributed by atoms with E-state index >= 15 is 0 Å². The molecule has 0 saturated carbocycles. The molecule has 0 aliphatic rings. The van der Waals surface area contributed by atoms with Crippen molar-refractivity contribution in [1.82, 2.24) is 0 Å². The normalized spacial score (nSPS) is 11.1. The van der Waals surface area contributed by atoms with E-state index < -0.39 is 11.4 Å². The summed E-state index contributed by atoms with van der Waals surface area (Å²) < 4.78 is 5.40. The zero-order valence-electron chi connectivity index (χ0n) is 13.7. The first-order chi connectivity index (χ1) is 10.4. The van der Waals surface area contributed by atoms with Crippen molar-refractivity contribution >= 4 is 17.6 Å². The summed E-state index contributed by atoms with van der Waals surface area (Å²) in [7, 11) is 0. The zero-order chi connectivity index (χ0) is 16.8. The molecule has 0 aliphatic heterocycles. The van der Waals surface area contributed by atoms with Crippen LogP contribution in [0.2, 0.25) is 0 Å². The highest BCUT2D eigenvalue weighted by Crippen LogP contribution is 2.32. The van der Waals surface area contributed by atoms with Crippen LogP contribution in [0.4, 0.5) is 5.69 Å². The monoisotopic (exact) mass is 307 g/mol. The van der Waals surface area contributed by atoms with Gasteiger partial charge in [-0.05, 0) is 50.5 Å². The SMILES string of the molecule is CCOc1ccc(NC(=O)CC(CC)(CC)C(=O)O)c(C)c1. The van der Waals surface area contributed by atoms with Crippen molar-refractivity contribution < 1.29 is 19.4 Å². The van der Waals surface area contributed by atoms with Gasteiger partial charge in [0.2, 0.25) is 5.91 Å². The van der Waals surface area contributed by atoms with Crippen LogP contribution in [0, 0.1) is 12.3 Å². The first kappa shape index (κ1) is 18.0. The molecular weight excluding hydrogens is 282 g/mol. The number of hydrogen-bond acceptors (Lipinski definition) is 3. The van der Waals surface area contributed by atoms with Gasteiger partial charge in [0.15, 0.2) is 0 Å². The van der Waals surface area contributed by atoms with Crippen molar-refractivity contribution in [2.75, 3.05) is 11.9 Å². The predicted octanol–water partition coefficient (Wildman–Crippen LogP) is 3.61. The number of carbonyl (C=O) groups excluding carboxylic acids is 1. The number of anilines is 1. The van der Waals surface area contributed by atoms with Gasteiger partial charge < -0.3 is 15.2 Å². The summed E-state index contributed by atoms with van der Waals surface area (Å²) in [5, 5.41) is 12.2. The van der Waals surface area contributed by atoms with Crippen LogP contribution in [-0.2, 0) is 9.59 Å². The maximum Gasteiger partial charge on any atom is 0.310 e. The molecule has 5 heteroatoms. The van der Waals surface area contributed by atoms with E-state index in [1.54, 1.807) is 26.0 Å². The van der Waals surface area contributed by atoms with Gasteiger partial charge in [-0.25, -0.2) is 0 Å². The highest BCUT2D eigenvalue weighted by Gasteiger charge is 2.37. The molecule has 0 radical (unpaired) electrons. The quantitative estimate of drug-likeness (QED) is 0.769. The molecule has 0 heterocycles. The Bertz CT molecular complexity index is 535. The summed E-state index contributed by atoms with van der Waals surface area (Å²) in [6.07, 6.45) is 0.824. The van der Waals surface area contributed by atoms with E-state index in [1.807, 2.05) is 19.9 Å². The zero-order valence-corrected chi connectivity index (χ0v) is 13.7. The second-order valence-corrected chi connectivity index (χ2v) is 5.43. The van der Waals surface area contributed by atoms with Gasteiger partial charge in [-0.1, -0.05) is 13.8 Å². The molecule has 0 aromatic heterocycles. The minimum atomic E-state index is -0.997. The molecular formula is C17H25NO4. The van der Waals surface area contributed by atoms with E-state index in [4.69, 9.17) is 4.74 Å². The Kier molecular flexibility index (Phi) is 6.40. The number of carboxylic acids is 1. The van der Waals surface area contributed by atoms with Gasteiger partial charge in [0.05, 0.1) is 12.0 Å². The Balaban J connectivity index is 2.82. The average Bonchev–Trinajstić information content (AvgIpc) is 2.47. The van der Waals surface area contributed by atoms with Crippen LogP contribution in [0.1, 0.15) is 45.6 Å². The van der Waals surface area contributed by atoms with Crippen LogP contribution in [-0.4, -0.2) is 23.6 Å². The molecule has 1 amide bonds. The second kappa shape index (κ2) is 7.82. The third-order valence-corrected chi connectivity index (χ3v) is 4.09. The molecule has 0 unspecified atom stereocenters. The fourth-order valence-electron chi connectivity index (χ4n) is 2.41. The molecule has 0 fully saturated rings. The molecule has 22 heavy (non-hydrogen) atoms. The van der Waals surface area contributed by atoms with E-state index in [-0.39, 0.29) is 12.3 Å². The largest absolute Gasteiger partial charge is 0.494 e. The van der Waals surface area contributed by atoms with Crippen molar-refractivity contribution in [2.45, 2.75) is 47.0 Å². The van der Waals surface area contributed by atoms with Crippen LogP contribution >= 0.6 is 0 Å². The smallest absolute Gasteiger partial charge is 0.310 e. The van der Waals surface area contributed by atoms with Crippen molar-refractivity contribution in [3.8, 4) is 5.75 Å². The summed E-state index contributed by atoms with van der Waals surface area (Å²) >= 11 is 0. The van der Waals surface area contributed by atoms with Gasteiger partial charge in [-0.2, -0.15) is 0 Å². The van der Waals surface area contributed by atoms with E-state index in [1.165, 1.54) is 0 Å². The van der Waals surface area contributed by atoms with E-state index in [2.05, 4.69) is 5.32 Å². The van der Waals surface area contributed by atoms with Crippen LogP contribution in [0.15, 0.2) is 18.2 Å². The lowest BCUT2D eigenvalue weighted by molar-refractivity contribution is -0.151. The summed E-state index contributed by atoms with van der Waals surface area (Å²) in [6.45, 7) is 7.97. The molecule has 0 saturated heterocycles. The fourth-order valence-corrected chi connectivity index (χ4v) is 2.41. The number of aryl methyl sites for hydroxylation is 1. The third-order valence-electron chi connectivity index (χ3n) is 4.09. The number of hydrogen-bond donors (Lipinski definition) is 2. The number of carbonyl (C=O) groups is 2. The van der Waals surface area contributed by atoms with E-state index in [0.29, 0.717) is 25.1 Å². The van der Waals surface area contributed by atoms with Gasteiger partial charge in [-0.15, -0.1) is 0 Å². The van der Waals surface area contributed by atoms with Crippen molar-refractivity contribution in [1.29, 1.82) is 0 Å². The molecule has 1 aromatic carbocycles. The van der Waals surface area contributed by atoms with Crippen molar-refractivity contribution in [2.24, 2.45) is 5.41 Å². The van der Waals surface area contributed by atoms with Gasteiger partial charge in [0.25, 0.3) is 0 Å². The first-order valence-electron chi connectivity index (χ1n) is 7.65. The average molecular weight is 307 g/mol. The molecule has 2 N–H and O–H groups in total. The first-order valence-corrected chi connectivity index (χ1v) is 7.65. The molecule has 5 nitrogen and oxygen atoms in total. The van der Waals surface area contributed by atoms with Crippen LogP contribution in [0.5, 0.6) is 5.75 Å². The number of carboxylic acid groups (broad SMARTS) is 1.